The first-order valence-electron chi connectivity index (χ1n) is 11.2. The normalized spacial score (nSPS) is 20.0. The molecule has 2 fully saturated rings. The minimum absolute atomic E-state index is 0.146. The summed E-state index contributed by atoms with van der Waals surface area (Å²) in [6, 6.07) is 3.21. The van der Waals surface area contributed by atoms with Crippen molar-refractivity contribution in [3.8, 4) is 0 Å². The summed E-state index contributed by atoms with van der Waals surface area (Å²) in [6.45, 7) is 8.92. The standard InChI is InChI=1S/C21H32FN9O/c1-16-27-28-19(29(16)2)14-25-21(24-7-9-30-10-12-32-13-11-30)26-17-5-8-31(15-17)20-18(22)4-3-6-23-20/h3-4,6,17H,5,7-15H2,1-2H3,(H2,24,25,26). The van der Waals surface area contributed by atoms with Crippen LogP contribution >= 0.6 is 0 Å². The Labute approximate surface area is 187 Å². The second-order valence-electron chi connectivity index (χ2n) is 8.15. The number of hydrogen-bond acceptors (Lipinski definition) is 7. The summed E-state index contributed by atoms with van der Waals surface area (Å²) < 4.78 is 21.5. The molecule has 4 rings (SSSR count). The van der Waals surface area contributed by atoms with Gasteiger partial charge in [-0.05, 0) is 25.5 Å². The maximum absolute atomic E-state index is 14.1. The number of guanidine groups is 1. The van der Waals surface area contributed by atoms with Crippen molar-refractivity contribution in [3.05, 3.63) is 35.8 Å². The zero-order valence-corrected chi connectivity index (χ0v) is 18.8. The molecule has 2 aromatic heterocycles. The number of pyridine rings is 1. The van der Waals surface area contributed by atoms with E-state index in [9.17, 15) is 4.39 Å². The van der Waals surface area contributed by atoms with Gasteiger partial charge in [0.2, 0.25) is 0 Å². The van der Waals surface area contributed by atoms with E-state index in [0.29, 0.717) is 18.9 Å². The van der Waals surface area contributed by atoms with Gasteiger partial charge < -0.3 is 24.8 Å². The van der Waals surface area contributed by atoms with Crippen LogP contribution in [-0.4, -0.2) is 89.1 Å². The van der Waals surface area contributed by atoms with Crippen molar-refractivity contribution in [2.75, 3.05) is 57.4 Å². The number of ether oxygens (including phenoxy) is 1. The van der Waals surface area contributed by atoms with E-state index in [-0.39, 0.29) is 11.9 Å². The van der Waals surface area contributed by atoms with Gasteiger partial charge in [0.1, 0.15) is 12.4 Å². The zero-order chi connectivity index (χ0) is 22.3. The highest BCUT2D eigenvalue weighted by Gasteiger charge is 2.26. The fraction of sp³-hybridized carbons (Fsp3) is 0.619. The summed E-state index contributed by atoms with van der Waals surface area (Å²) in [4.78, 5) is 13.3. The SMILES string of the molecule is Cc1nnc(CN=C(NCCN2CCOCC2)NC2CCN(c3ncccc3F)C2)n1C. The van der Waals surface area contributed by atoms with Crippen molar-refractivity contribution in [1.29, 1.82) is 0 Å². The molecule has 0 saturated carbocycles. The van der Waals surface area contributed by atoms with E-state index in [1.807, 2.05) is 23.4 Å². The van der Waals surface area contributed by atoms with Crippen LogP contribution in [0.4, 0.5) is 10.2 Å². The van der Waals surface area contributed by atoms with Gasteiger partial charge in [-0.1, -0.05) is 0 Å². The van der Waals surface area contributed by atoms with Gasteiger partial charge in [-0.15, -0.1) is 10.2 Å². The Morgan fingerprint density at radius 1 is 1.28 bits per heavy atom. The number of halogens is 1. The van der Waals surface area contributed by atoms with Gasteiger partial charge in [-0.3, -0.25) is 4.90 Å². The van der Waals surface area contributed by atoms with E-state index < -0.39 is 0 Å². The highest BCUT2D eigenvalue weighted by Crippen LogP contribution is 2.20. The van der Waals surface area contributed by atoms with Gasteiger partial charge >= 0.3 is 0 Å². The molecule has 0 aliphatic carbocycles. The number of nitrogens with one attached hydrogen (secondary N) is 2. The first kappa shape index (κ1) is 22.4. The lowest BCUT2D eigenvalue weighted by atomic mass is 10.3. The van der Waals surface area contributed by atoms with Crippen molar-refractivity contribution >= 4 is 11.8 Å². The molecule has 0 amide bonds. The molecule has 2 saturated heterocycles. The highest BCUT2D eigenvalue weighted by atomic mass is 19.1. The van der Waals surface area contributed by atoms with E-state index in [4.69, 9.17) is 9.73 Å². The monoisotopic (exact) mass is 445 g/mol. The van der Waals surface area contributed by atoms with Gasteiger partial charge in [0, 0.05) is 58.6 Å². The third kappa shape index (κ3) is 5.71. The number of morpholine rings is 1. The smallest absolute Gasteiger partial charge is 0.192 e. The second kappa shape index (κ2) is 10.7. The Hall–Kier alpha value is -2.79. The van der Waals surface area contributed by atoms with Crippen LogP contribution in [0, 0.1) is 12.7 Å². The van der Waals surface area contributed by atoms with Crippen molar-refractivity contribution in [2.45, 2.75) is 25.9 Å². The number of anilines is 1. The Balaban J connectivity index is 1.37. The predicted molar refractivity (Wildman–Crippen MR) is 120 cm³/mol. The predicted octanol–water partition coefficient (Wildman–Crippen LogP) is 0.304. The van der Waals surface area contributed by atoms with Crippen LogP contribution in [-0.2, 0) is 18.3 Å². The minimum Gasteiger partial charge on any atom is -0.379 e. The lowest BCUT2D eigenvalue weighted by Crippen LogP contribution is -2.48. The minimum atomic E-state index is -0.289. The van der Waals surface area contributed by atoms with E-state index in [2.05, 4.69) is 30.7 Å². The van der Waals surface area contributed by atoms with Crippen LogP contribution in [0.15, 0.2) is 23.3 Å². The lowest BCUT2D eigenvalue weighted by Gasteiger charge is -2.27. The van der Waals surface area contributed by atoms with Crippen LogP contribution in [0.3, 0.4) is 0 Å². The molecule has 2 N–H and O–H groups in total. The molecule has 1 atom stereocenters. The first-order valence-corrected chi connectivity index (χ1v) is 11.2. The number of aliphatic imine (C=N–C) groups is 1. The van der Waals surface area contributed by atoms with Crippen LogP contribution in [0.5, 0.6) is 0 Å². The summed E-state index contributed by atoms with van der Waals surface area (Å²) >= 11 is 0. The molecule has 0 aromatic carbocycles. The third-order valence-corrected chi connectivity index (χ3v) is 5.95. The molecule has 32 heavy (non-hydrogen) atoms. The summed E-state index contributed by atoms with van der Waals surface area (Å²) in [6.07, 6.45) is 2.51. The number of nitrogens with zero attached hydrogens (tertiary/aromatic N) is 7. The largest absolute Gasteiger partial charge is 0.379 e. The molecular formula is C21H32FN9O. The van der Waals surface area contributed by atoms with Gasteiger partial charge in [-0.25, -0.2) is 14.4 Å². The maximum atomic E-state index is 14.1. The average molecular weight is 446 g/mol. The van der Waals surface area contributed by atoms with E-state index in [1.165, 1.54) is 6.07 Å². The summed E-state index contributed by atoms with van der Waals surface area (Å²) in [5.41, 5.74) is 0. The van der Waals surface area contributed by atoms with Crippen molar-refractivity contribution in [3.63, 3.8) is 0 Å². The molecule has 2 aromatic rings. The average Bonchev–Trinajstić information content (AvgIpc) is 3.40. The molecule has 0 bridgehead atoms. The second-order valence-corrected chi connectivity index (χ2v) is 8.15. The number of aryl methyl sites for hydroxylation is 1. The van der Waals surface area contributed by atoms with Crippen LogP contribution in [0.1, 0.15) is 18.1 Å². The summed E-state index contributed by atoms with van der Waals surface area (Å²) in [5, 5.41) is 15.3. The fourth-order valence-corrected chi connectivity index (χ4v) is 3.92. The van der Waals surface area contributed by atoms with Crippen molar-refractivity contribution in [2.24, 2.45) is 12.0 Å². The number of aromatic nitrogens is 4. The molecule has 0 spiro atoms. The topological polar surface area (TPSA) is 95.7 Å². The zero-order valence-electron chi connectivity index (χ0n) is 18.8. The molecule has 10 nitrogen and oxygen atoms in total. The molecule has 1 unspecified atom stereocenters. The molecule has 2 aliphatic rings. The number of rotatable bonds is 7. The lowest BCUT2D eigenvalue weighted by molar-refractivity contribution is 0.0389. The fourth-order valence-electron chi connectivity index (χ4n) is 3.92. The van der Waals surface area contributed by atoms with Crippen molar-refractivity contribution in [1.82, 2.24) is 35.3 Å². The van der Waals surface area contributed by atoms with Gasteiger partial charge in [-0.2, -0.15) is 0 Å². The summed E-state index contributed by atoms with van der Waals surface area (Å²) in [7, 11) is 1.94. The molecule has 4 heterocycles. The Bertz CT molecular complexity index is 912. The molecular weight excluding hydrogens is 413 g/mol. The molecule has 2 aliphatic heterocycles. The third-order valence-electron chi connectivity index (χ3n) is 5.95. The van der Waals surface area contributed by atoms with E-state index in [0.717, 1.165) is 70.0 Å². The van der Waals surface area contributed by atoms with E-state index in [1.54, 1.807) is 12.3 Å². The maximum Gasteiger partial charge on any atom is 0.192 e. The highest BCUT2D eigenvalue weighted by molar-refractivity contribution is 5.80. The van der Waals surface area contributed by atoms with E-state index >= 15 is 0 Å². The van der Waals surface area contributed by atoms with Gasteiger partial charge in [0.15, 0.2) is 23.4 Å². The number of hydrogen-bond donors (Lipinski definition) is 2. The Kier molecular flexibility index (Phi) is 7.48. The molecule has 0 radical (unpaired) electrons. The Morgan fingerprint density at radius 3 is 2.88 bits per heavy atom. The first-order chi connectivity index (χ1) is 15.6. The van der Waals surface area contributed by atoms with Gasteiger partial charge in [0.25, 0.3) is 0 Å². The van der Waals surface area contributed by atoms with Gasteiger partial charge in [0.05, 0.1) is 13.2 Å². The van der Waals surface area contributed by atoms with Crippen LogP contribution in [0.2, 0.25) is 0 Å². The molecule has 174 valence electrons. The van der Waals surface area contributed by atoms with Crippen LogP contribution < -0.4 is 15.5 Å². The Morgan fingerprint density at radius 2 is 2.12 bits per heavy atom. The van der Waals surface area contributed by atoms with Crippen molar-refractivity contribution < 1.29 is 9.13 Å². The summed E-state index contributed by atoms with van der Waals surface area (Å²) in [5.74, 6) is 2.51. The quantitative estimate of drug-likeness (QED) is 0.464. The van der Waals surface area contributed by atoms with Crippen LogP contribution in [0.25, 0.3) is 0 Å². The molecule has 11 heteroatoms.